The van der Waals surface area contributed by atoms with Gasteiger partial charge in [0, 0.05) is 24.2 Å². The van der Waals surface area contributed by atoms with Gasteiger partial charge in [0.2, 0.25) is 5.88 Å². The largest absolute Gasteiger partial charge is 0.468 e. The highest BCUT2D eigenvalue weighted by atomic mass is 19.4. The molecule has 1 amide bonds. The molecule has 0 spiro atoms. The van der Waals surface area contributed by atoms with E-state index in [4.69, 9.17) is 0 Å². The zero-order chi connectivity index (χ0) is 17.7. The van der Waals surface area contributed by atoms with Crippen LogP contribution < -0.4 is 10.1 Å². The molecule has 6 nitrogen and oxygen atoms in total. The Kier molecular flexibility index (Phi) is 5.32. The molecule has 128 valence electrons. The molecule has 1 N–H and O–H groups in total. The first-order valence-corrected chi connectivity index (χ1v) is 6.99. The smallest absolute Gasteiger partial charge is 0.422 e. The fraction of sp³-hybridized carbons (Fsp3) is 0.333. The summed E-state index contributed by atoms with van der Waals surface area (Å²) in [5, 5.41) is 2.71. The van der Waals surface area contributed by atoms with Crippen molar-refractivity contribution in [1.29, 1.82) is 0 Å². The van der Waals surface area contributed by atoms with Crippen molar-refractivity contribution in [2.75, 3.05) is 6.61 Å². The van der Waals surface area contributed by atoms with Gasteiger partial charge in [0.15, 0.2) is 6.61 Å². The molecule has 2 rings (SSSR count). The summed E-state index contributed by atoms with van der Waals surface area (Å²) in [4.78, 5) is 23.6. The second-order valence-electron chi connectivity index (χ2n) is 5.08. The second kappa shape index (κ2) is 7.24. The van der Waals surface area contributed by atoms with Gasteiger partial charge in [0.25, 0.3) is 5.91 Å². The molecule has 2 heterocycles. The lowest BCUT2D eigenvalue weighted by Crippen LogP contribution is -2.27. The first kappa shape index (κ1) is 17.6. The lowest BCUT2D eigenvalue weighted by Gasteiger charge is -2.16. The Morgan fingerprint density at radius 3 is 2.62 bits per heavy atom. The molecule has 1 unspecified atom stereocenters. The van der Waals surface area contributed by atoms with Gasteiger partial charge in [-0.1, -0.05) is 0 Å². The number of carbonyl (C=O) groups excluding carboxylic acids is 1. The molecule has 0 aliphatic rings. The monoisotopic (exact) mass is 340 g/mol. The van der Waals surface area contributed by atoms with Crippen LogP contribution in [-0.4, -0.2) is 33.6 Å². The predicted molar refractivity (Wildman–Crippen MR) is 78.4 cm³/mol. The fourth-order valence-electron chi connectivity index (χ4n) is 1.89. The van der Waals surface area contributed by atoms with Crippen LogP contribution in [-0.2, 0) is 0 Å². The number of hydrogen-bond acceptors (Lipinski definition) is 5. The van der Waals surface area contributed by atoms with Gasteiger partial charge in [-0.15, -0.1) is 0 Å². The van der Waals surface area contributed by atoms with E-state index in [0.717, 1.165) is 0 Å². The molecular weight excluding hydrogens is 325 g/mol. The fourth-order valence-corrected chi connectivity index (χ4v) is 1.89. The van der Waals surface area contributed by atoms with Gasteiger partial charge in [0.05, 0.1) is 12.2 Å². The van der Waals surface area contributed by atoms with E-state index in [-0.39, 0.29) is 11.6 Å². The second-order valence-corrected chi connectivity index (χ2v) is 5.08. The Bertz CT molecular complexity index is 708. The number of aryl methyl sites for hydroxylation is 1. The van der Waals surface area contributed by atoms with Gasteiger partial charge in [-0.05, 0) is 25.5 Å². The zero-order valence-corrected chi connectivity index (χ0v) is 13.0. The summed E-state index contributed by atoms with van der Waals surface area (Å²) in [6.45, 7) is 1.90. The Morgan fingerprint density at radius 2 is 2.04 bits per heavy atom. The molecule has 0 bridgehead atoms. The van der Waals surface area contributed by atoms with Crippen LogP contribution in [0.15, 0.2) is 30.9 Å². The minimum atomic E-state index is -4.43. The highest BCUT2D eigenvalue weighted by Gasteiger charge is 2.29. The molecule has 1 atom stereocenters. The maximum absolute atomic E-state index is 12.2. The van der Waals surface area contributed by atoms with E-state index >= 15 is 0 Å². The van der Waals surface area contributed by atoms with Crippen molar-refractivity contribution in [3.8, 4) is 5.88 Å². The van der Waals surface area contributed by atoms with Crippen LogP contribution in [0.3, 0.4) is 0 Å². The number of nitrogens with zero attached hydrogens (tertiary/aromatic N) is 3. The van der Waals surface area contributed by atoms with Crippen molar-refractivity contribution >= 4 is 5.91 Å². The maximum Gasteiger partial charge on any atom is 0.422 e. The number of alkyl halides is 3. The third kappa shape index (κ3) is 4.90. The highest BCUT2D eigenvalue weighted by Crippen LogP contribution is 2.22. The average Bonchev–Trinajstić information content (AvgIpc) is 2.53. The van der Waals surface area contributed by atoms with E-state index in [1.54, 1.807) is 19.9 Å². The molecule has 0 aliphatic carbocycles. The number of rotatable bonds is 5. The number of aromatic nitrogens is 3. The molecule has 0 fully saturated rings. The van der Waals surface area contributed by atoms with E-state index < -0.39 is 24.7 Å². The van der Waals surface area contributed by atoms with Gasteiger partial charge in [-0.3, -0.25) is 9.78 Å². The van der Waals surface area contributed by atoms with Crippen LogP contribution in [0.1, 0.15) is 34.6 Å². The van der Waals surface area contributed by atoms with Crippen LogP contribution in [0.25, 0.3) is 0 Å². The Labute approximate surface area is 136 Å². The molecule has 24 heavy (non-hydrogen) atoms. The van der Waals surface area contributed by atoms with Crippen molar-refractivity contribution < 1.29 is 22.7 Å². The number of carbonyl (C=O) groups is 1. The zero-order valence-electron chi connectivity index (χ0n) is 13.0. The summed E-state index contributed by atoms with van der Waals surface area (Å²) in [5.41, 5.74) is 1.24. The van der Waals surface area contributed by atoms with Crippen molar-refractivity contribution in [3.63, 3.8) is 0 Å². The van der Waals surface area contributed by atoms with Gasteiger partial charge in [-0.25, -0.2) is 9.97 Å². The molecule has 9 heteroatoms. The van der Waals surface area contributed by atoms with Crippen molar-refractivity contribution in [2.45, 2.75) is 26.1 Å². The summed E-state index contributed by atoms with van der Waals surface area (Å²) < 4.78 is 41.2. The summed E-state index contributed by atoms with van der Waals surface area (Å²) in [6.07, 6.45) is 1.12. The quantitative estimate of drug-likeness (QED) is 0.905. The van der Waals surface area contributed by atoms with Crippen molar-refractivity contribution in [1.82, 2.24) is 20.3 Å². The van der Waals surface area contributed by atoms with Gasteiger partial charge in [0.1, 0.15) is 5.69 Å². The SMILES string of the molecule is Cc1cc(C(C)NC(=O)c2cnccn2)cnc1OCC(F)(F)F. The predicted octanol–water partition coefficient (Wildman–Crippen LogP) is 2.61. The van der Waals surface area contributed by atoms with Gasteiger partial charge in [-0.2, -0.15) is 13.2 Å². The van der Waals surface area contributed by atoms with E-state index in [2.05, 4.69) is 25.0 Å². The Hall–Kier alpha value is -2.71. The summed E-state index contributed by atoms with van der Waals surface area (Å²) in [6, 6.07) is 1.20. The van der Waals surface area contributed by atoms with E-state index in [1.807, 2.05) is 0 Å². The number of amides is 1. The first-order chi connectivity index (χ1) is 11.3. The molecule has 0 radical (unpaired) electrons. The third-order valence-electron chi connectivity index (χ3n) is 3.07. The highest BCUT2D eigenvalue weighted by molar-refractivity contribution is 5.92. The topological polar surface area (TPSA) is 77.0 Å². The van der Waals surface area contributed by atoms with Gasteiger partial charge >= 0.3 is 6.18 Å². The molecule has 0 aliphatic heterocycles. The number of pyridine rings is 1. The van der Waals surface area contributed by atoms with Crippen LogP contribution in [0, 0.1) is 6.92 Å². The van der Waals surface area contributed by atoms with E-state index in [9.17, 15) is 18.0 Å². The standard InChI is InChI=1S/C15H15F3N4O2/c1-9-5-11(6-21-14(9)24-8-15(16,17)18)10(2)22-13(23)12-7-19-3-4-20-12/h3-7,10H,8H2,1-2H3,(H,22,23). The number of hydrogen-bond donors (Lipinski definition) is 1. The number of halogens is 3. The summed E-state index contributed by atoms with van der Waals surface area (Å²) in [5.74, 6) is -0.505. The Balaban J connectivity index is 2.04. The molecule has 2 aromatic heterocycles. The maximum atomic E-state index is 12.2. The molecule has 0 saturated heterocycles. The Morgan fingerprint density at radius 1 is 1.29 bits per heavy atom. The molecule has 0 saturated carbocycles. The number of ether oxygens (including phenoxy) is 1. The molecular formula is C15H15F3N4O2. The third-order valence-corrected chi connectivity index (χ3v) is 3.07. The van der Waals surface area contributed by atoms with E-state index in [1.165, 1.54) is 24.8 Å². The molecule has 0 aromatic carbocycles. The number of nitrogens with one attached hydrogen (secondary N) is 1. The van der Waals surface area contributed by atoms with Gasteiger partial charge < -0.3 is 10.1 Å². The normalized spacial score (nSPS) is 12.5. The minimum Gasteiger partial charge on any atom is -0.468 e. The minimum absolute atomic E-state index is 0.0940. The van der Waals surface area contributed by atoms with Crippen molar-refractivity contribution in [3.05, 3.63) is 47.7 Å². The first-order valence-electron chi connectivity index (χ1n) is 6.99. The van der Waals surface area contributed by atoms with Crippen LogP contribution >= 0.6 is 0 Å². The van der Waals surface area contributed by atoms with Crippen LogP contribution in [0.4, 0.5) is 13.2 Å². The van der Waals surface area contributed by atoms with Crippen molar-refractivity contribution in [2.24, 2.45) is 0 Å². The lowest BCUT2D eigenvalue weighted by molar-refractivity contribution is -0.154. The lowest BCUT2D eigenvalue weighted by atomic mass is 10.1. The van der Waals surface area contributed by atoms with Crippen LogP contribution in [0.5, 0.6) is 5.88 Å². The summed E-state index contributed by atoms with van der Waals surface area (Å²) in [7, 11) is 0. The summed E-state index contributed by atoms with van der Waals surface area (Å²) >= 11 is 0. The molecule has 2 aromatic rings. The average molecular weight is 340 g/mol. The van der Waals surface area contributed by atoms with E-state index in [0.29, 0.717) is 11.1 Å². The van der Waals surface area contributed by atoms with Crippen LogP contribution in [0.2, 0.25) is 0 Å².